The van der Waals surface area contributed by atoms with E-state index in [-0.39, 0.29) is 6.17 Å². The molecule has 1 rings (SSSR count). The molecule has 0 fully saturated rings. The Morgan fingerprint density at radius 2 is 1.57 bits per heavy atom. The molecule has 14 heavy (non-hydrogen) atoms. The third-order valence-corrected chi connectivity index (χ3v) is 0.897. The largest absolute Gasteiger partial charge is 0.473 e. The molecule has 0 aromatic carbocycles. The van der Waals surface area contributed by atoms with E-state index < -0.39 is 0 Å². The number of hydrogen-bond donors (Lipinski definition) is 2. The van der Waals surface area contributed by atoms with E-state index in [1.54, 1.807) is 12.5 Å². The van der Waals surface area contributed by atoms with Crippen LogP contribution in [0.4, 0.5) is 0 Å². The first-order valence-corrected chi connectivity index (χ1v) is 4.61. The van der Waals surface area contributed by atoms with Crippen LogP contribution in [0.15, 0.2) is 41.2 Å². The molecule has 0 spiro atoms. The molecule has 1 aromatic rings. The van der Waals surface area contributed by atoms with E-state index in [2.05, 4.69) is 11.0 Å². The van der Waals surface area contributed by atoms with E-state index in [0.717, 1.165) is 6.42 Å². The van der Waals surface area contributed by atoms with Gasteiger partial charge in [0.1, 0.15) is 0 Å². The van der Waals surface area contributed by atoms with Gasteiger partial charge in [0.2, 0.25) is 0 Å². The fraction of sp³-hybridized carbons (Fsp3) is 0.455. The van der Waals surface area contributed by atoms with Gasteiger partial charge in [-0.2, -0.15) is 0 Å². The summed E-state index contributed by atoms with van der Waals surface area (Å²) in [4.78, 5) is 0. The zero-order valence-electron chi connectivity index (χ0n) is 9.36. The summed E-state index contributed by atoms with van der Waals surface area (Å²) in [5.74, 6) is 0. The van der Waals surface area contributed by atoms with Crippen LogP contribution in [0.25, 0.3) is 0 Å². The third-order valence-electron chi connectivity index (χ3n) is 0.897. The molecule has 3 heteroatoms. The van der Waals surface area contributed by atoms with Gasteiger partial charge in [0.25, 0.3) is 0 Å². The molecular formula is C11H22N2O. The van der Waals surface area contributed by atoms with Gasteiger partial charge < -0.3 is 15.9 Å². The minimum atomic E-state index is -0.116. The van der Waals surface area contributed by atoms with Crippen LogP contribution < -0.4 is 11.5 Å². The highest BCUT2D eigenvalue weighted by Crippen LogP contribution is 1.79. The predicted octanol–water partition coefficient (Wildman–Crippen LogP) is 2.50. The first kappa shape index (κ1) is 15.4. The maximum atomic E-state index is 5.07. The lowest BCUT2D eigenvalue weighted by Crippen LogP contribution is -2.28. The van der Waals surface area contributed by atoms with E-state index in [1.165, 1.54) is 5.57 Å². The third kappa shape index (κ3) is 30.6. The van der Waals surface area contributed by atoms with Crippen LogP contribution >= 0.6 is 0 Å². The summed E-state index contributed by atoms with van der Waals surface area (Å²) in [5.41, 5.74) is 11.3. The van der Waals surface area contributed by atoms with Crippen LogP contribution in [-0.4, -0.2) is 6.17 Å². The number of hydrogen-bond acceptors (Lipinski definition) is 3. The van der Waals surface area contributed by atoms with Crippen molar-refractivity contribution in [1.29, 1.82) is 0 Å². The van der Waals surface area contributed by atoms with Gasteiger partial charge in [-0.1, -0.05) is 12.5 Å². The van der Waals surface area contributed by atoms with Crippen LogP contribution in [-0.2, 0) is 0 Å². The summed E-state index contributed by atoms with van der Waals surface area (Å²) >= 11 is 0. The molecule has 0 bridgehead atoms. The summed E-state index contributed by atoms with van der Waals surface area (Å²) in [5, 5.41) is 0. The first-order valence-electron chi connectivity index (χ1n) is 4.61. The van der Waals surface area contributed by atoms with Crippen molar-refractivity contribution in [1.82, 2.24) is 0 Å². The van der Waals surface area contributed by atoms with Gasteiger partial charge in [0, 0.05) is 0 Å². The molecule has 0 aliphatic heterocycles. The highest BCUT2D eigenvalue weighted by Gasteiger charge is 1.79. The van der Waals surface area contributed by atoms with Gasteiger partial charge in [-0.15, -0.1) is 6.58 Å². The van der Waals surface area contributed by atoms with Crippen LogP contribution in [0.5, 0.6) is 0 Å². The lowest BCUT2D eigenvalue weighted by atomic mass is 10.4. The summed E-state index contributed by atoms with van der Waals surface area (Å²) in [7, 11) is 0. The Morgan fingerprint density at radius 3 is 1.64 bits per heavy atom. The Morgan fingerprint density at radius 1 is 1.29 bits per heavy atom. The quantitative estimate of drug-likeness (QED) is 0.538. The molecule has 0 atom stereocenters. The molecule has 0 saturated heterocycles. The second-order valence-corrected chi connectivity index (χ2v) is 3.07. The second kappa shape index (κ2) is 11.9. The minimum Gasteiger partial charge on any atom is -0.473 e. The monoisotopic (exact) mass is 198 g/mol. The Bertz CT molecular complexity index is 172. The Labute approximate surface area is 86.8 Å². The fourth-order valence-corrected chi connectivity index (χ4v) is 0.227. The van der Waals surface area contributed by atoms with Crippen LogP contribution in [0.1, 0.15) is 27.2 Å². The molecule has 0 aliphatic carbocycles. The van der Waals surface area contributed by atoms with Crippen molar-refractivity contribution in [3.63, 3.8) is 0 Å². The van der Waals surface area contributed by atoms with Gasteiger partial charge in [-0.25, -0.2) is 0 Å². The molecule has 0 saturated carbocycles. The zero-order valence-corrected chi connectivity index (χ0v) is 9.36. The van der Waals surface area contributed by atoms with Crippen molar-refractivity contribution in [3.8, 4) is 0 Å². The second-order valence-electron chi connectivity index (χ2n) is 3.07. The van der Waals surface area contributed by atoms with Crippen molar-refractivity contribution < 1.29 is 4.42 Å². The van der Waals surface area contributed by atoms with Gasteiger partial charge in [-0.05, 0) is 32.4 Å². The van der Waals surface area contributed by atoms with E-state index in [9.17, 15) is 0 Å². The number of rotatable bonds is 1. The van der Waals surface area contributed by atoms with E-state index >= 15 is 0 Å². The average molecular weight is 198 g/mol. The fourth-order valence-electron chi connectivity index (χ4n) is 0.227. The standard InChI is InChI=1S/C4H4O.C4H8.C3H10N2/c1-2-4-5-3-1;1-4(2)3;1-2-3(4)5/h1-4H;1H2,2-3H3;3H,2,4-5H2,1H3. The lowest BCUT2D eigenvalue weighted by Gasteiger charge is -1.92. The van der Waals surface area contributed by atoms with Crippen molar-refractivity contribution in [3.05, 3.63) is 36.8 Å². The topological polar surface area (TPSA) is 65.2 Å². The highest BCUT2D eigenvalue weighted by molar-refractivity contribution is 4.79. The lowest BCUT2D eigenvalue weighted by molar-refractivity contribution is 0.567. The molecule has 0 unspecified atom stereocenters. The summed E-state index contributed by atoms with van der Waals surface area (Å²) in [6, 6.07) is 3.67. The van der Waals surface area contributed by atoms with Gasteiger partial charge in [0.15, 0.2) is 0 Å². The molecule has 4 N–H and O–H groups in total. The van der Waals surface area contributed by atoms with Crippen LogP contribution in [0.3, 0.4) is 0 Å². The van der Waals surface area contributed by atoms with Crippen molar-refractivity contribution in [2.75, 3.05) is 0 Å². The minimum absolute atomic E-state index is 0.116. The van der Waals surface area contributed by atoms with Gasteiger partial charge in [-0.3, -0.25) is 0 Å². The average Bonchev–Trinajstić information content (AvgIpc) is 2.59. The normalized spacial score (nSPS) is 8.14. The molecule has 1 heterocycles. The summed E-state index contributed by atoms with van der Waals surface area (Å²) in [6.45, 7) is 9.45. The van der Waals surface area contributed by atoms with Crippen LogP contribution in [0, 0.1) is 0 Å². The van der Waals surface area contributed by atoms with Gasteiger partial charge in [0.05, 0.1) is 18.7 Å². The maximum Gasteiger partial charge on any atom is 0.0902 e. The molecule has 0 amide bonds. The maximum absolute atomic E-state index is 5.07. The molecular weight excluding hydrogens is 176 g/mol. The van der Waals surface area contributed by atoms with Crippen molar-refractivity contribution >= 4 is 0 Å². The Balaban J connectivity index is 0. The van der Waals surface area contributed by atoms with E-state index in [1.807, 2.05) is 32.9 Å². The van der Waals surface area contributed by atoms with E-state index in [4.69, 9.17) is 11.5 Å². The predicted molar refractivity (Wildman–Crippen MR) is 61.6 cm³/mol. The molecule has 1 aromatic heterocycles. The molecule has 0 radical (unpaired) electrons. The number of furan rings is 1. The zero-order chi connectivity index (χ0) is 11.4. The SMILES string of the molecule is C=C(C)C.CCC(N)N.c1ccoc1. The Hall–Kier alpha value is -1.06. The van der Waals surface area contributed by atoms with Crippen LogP contribution in [0.2, 0.25) is 0 Å². The van der Waals surface area contributed by atoms with Crippen molar-refractivity contribution in [2.24, 2.45) is 11.5 Å². The number of allylic oxidation sites excluding steroid dienone is 1. The van der Waals surface area contributed by atoms with E-state index in [0.29, 0.717) is 0 Å². The number of nitrogens with two attached hydrogens (primary N) is 2. The summed E-state index contributed by atoms with van der Waals surface area (Å²) in [6.07, 6.45) is 4.00. The Kier molecular flexibility index (Phi) is 13.1. The molecule has 3 nitrogen and oxygen atoms in total. The summed E-state index contributed by atoms with van der Waals surface area (Å²) < 4.78 is 4.58. The molecule has 82 valence electrons. The first-order chi connectivity index (χ1) is 6.50. The highest BCUT2D eigenvalue weighted by atomic mass is 16.3. The molecule has 0 aliphatic rings. The van der Waals surface area contributed by atoms with Gasteiger partial charge >= 0.3 is 0 Å². The van der Waals surface area contributed by atoms with Crippen molar-refractivity contribution in [2.45, 2.75) is 33.4 Å². The smallest absolute Gasteiger partial charge is 0.0902 e.